The molecule has 1 aromatic carbocycles. The summed E-state index contributed by atoms with van der Waals surface area (Å²) in [5.41, 5.74) is 0.669. The van der Waals surface area contributed by atoms with Crippen molar-refractivity contribution in [3.63, 3.8) is 0 Å². The van der Waals surface area contributed by atoms with E-state index in [0.29, 0.717) is 18.2 Å². The number of carbonyl (C=O) groups is 1. The van der Waals surface area contributed by atoms with Gasteiger partial charge in [-0.25, -0.2) is 0 Å². The lowest BCUT2D eigenvalue weighted by atomic mass is 10.2. The molecule has 2 N–H and O–H groups in total. The minimum absolute atomic E-state index is 0.0458. The molecule has 0 aromatic heterocycles. The van der Waals surface area contributed by atoms with Crippen molar-refractivity contribution in [2.24, 2.45) is 0 Å². The van der Waals surface area contributed by atoms with Crippen LogP contribution in [0.5, 0.6) is 0 Å². The molecule has 0 saturated heterocycles. The van der Waals surface area contributed by atoms with Crippen molar-refractivity contribution >= 4 is 11.6 Å². The van der Waals surface area contributed by atoms with E-state index in [1.54, 1.807) is 18.2 Å². The number of amides is 1. The number of para-hydroxylation sites is 1. The van der Waals surface area contributed by atoms with Crippen LogP contribution in [0.15, 0.2) is 24.3 Å². The predicted octanol–water partition coefficient (Wildman–Crippen LogP) is 1.74. The van der Waals surface area contributed by atoms with Gasteiger partial charge in [0, 0.05) is 24.2 Å². The number of nitrogens with one attached hydrogen (secondary N) is 2. The van der Waals surface area contributed by atoms with Gasteiger partial charge in [-0.1, -0.05) is 31.0 Å². The fourth-order valence-corrected chi connectivity index (χ4v) is 2.50. The van der Waals surface area contributed by atoms with Crippen LogP contribution < -0.4 is 10.6 Å². The highest BCUT2D eigenvalue weighted by molar-refractivity contribution is 5.78. The molecule has 0 aliphatic heterocycles. The fourth-order valence-electron chi connectivity index (χ4n) is 2.50. The third-order valence-electron chi connectivity index (χ3n) is 3.51. The van der Waals surface area contributed by atoms with E-state index < -0.39 is 4.92 Å². The maximum Gasteiger partial charge on any atom is 0.273 e. The van der Waals surface area contributed by atoms with E-state index in [1.165, 1.54) is 18.9 Å². The molecule has 1 aromatic rings. The van der Waals surface area contributed by atoms with Crippen LogP contribution in [0.3, 0.4) is 0 Å². The molecule has 0 spiro atoms. The van der Waals surface area contributed by atoms with Crippen molar-refractivity contribution in [2.45, 2.75) is 38.3 Å². The summed E-state index contributed by atoms with van der Waals surface area (Å²) >= 11 is 0. The highest BCUT2D eigenvalue weighted by atomic mass is 16.6. The zero-order valence-corrected chi connectivity index (χ0v) is 11.3. The Morgan fingerprint density at radius 1 is 1.30 bits per heavy atom. The number of nitro groups is 1. The zero-order chi connectivity index (χ0) is 14.4. The molecule has 0 bridgehead atoms. The van der Waals surface area contributed by atoms with Crippen molar-refractivity contribution < 1.29 is 9.72 Å². The summed E-state index contributed by atoms with van der Waals surface area (Å²) in [5, 5.41) is 16.8. The van der Waals surface area contributed by atoms with Crippen LogP contribution >= 0.6 is 0 Å². The van der Waals surface area contributed by atoms with Crippen LogP contribution in [0.25, 0.3) is 0 Å². The van der Waals surface area contributed by atoms with Gasteiger partial charge < -0.3 is 10.6 Å². The van der Waals surface area contributed by atoms with Gasteiger partial charge in [0.05, 0.1) is 11.5 Å². The highest BCUT2D eigenvalue weighted by Crippen LogP contribution is 2.18. The number of hydrogen-bond acceptors (Lipinski definition) is 4. The largest absolute Gasteiger partial charge is 0.352 e. The lowest BCUT2D eigenvalue weighted by Crippen LogP contribution is -2.39. The van der Waals surface area contributed by atoms with Crippen LogP contribution in [-0.4, -0.2) is 23.4 Å². The Morgan fingerprint density at radius 3 is 2.70 bits per heavy atom. The van der Waals surface area contributed by atoms with Gasteiger partial charge >= 0.3 is 0 Å². The molecular weight excluding hydrogens is 258 g/mol. The summed E-state index contributed by atoms with van der Waals surface area (Å²) in [5.74, 6) is -0.0458. The third-order valence-corrected chi connectivity index (χ3v) is 3.51. The van der Waals surface area contributed by atoms with Gasteiger partial charge in [-0.3, -0.25) is 14.9 Å². The third kappa shape index (κ3) is 4.03. The monoisotopic (exact) mass is 277 g/mol. The standard InChI is InChI=1S/C14H19N3O3/c18-14(16-12-6-2-3-7-12)10-15-9-11-5-1-4-8-13(11)17(19)20/h1,4-5,8,12,15H,2-3,6-7,9-10H2,(H,16,18). The van der Waals surface area contributed by atoms with Crippen molar-refractivity contribution in [3.05, 3.63) is 39.9 Å². The average molecular weight is 277 g/mol. The number of rotatable bonds is 6. The summed E-state index contributed by atoms with van der Waals surface area (Å²) in [6.07, 6.45) is 4.45. The topological polar surface area (TPSA) is 84.3 Å². The van der Waals surface area contributed by atoms with E-state index in [0.717, 1.165) is 12.8 Å². The normalized spacial score (nSPS) is 15.2. The molecule has 1 fully saturated rings. The number of carbonyl (C=O) groups excluding carboxylic acids is 1. The molecule has 0 heterocycles. The smallest absolute Gasteiger partial charge is 0.273 e. The first-order chi connectivity index (χ1) is 9.66. The van der Waals surface area contributed by atoms with Crippen molar-refractivity contribution in [1.82, 2.24) is 10.6 Å². The Hall–Kier alpha value is -1.95. The second-order valence-corrected chi connectivity index (χ2v) is 5.04. The van der Waals surface area contributed by atoms with Crippen LogP contribution in [0.2, 0.25) is 0 Å². The number of nitrogens with zero attached hydrogens (tertiary/aromatic N) is 1. The Balaban J connectivity index is 1.78. The molecule has 1 amide bonds. The van der Waals surface area contributed by atoms with Gasteiger partial charge in [0.2, 0.25) is 5.91 Å². The molecule has 6 nitrogen and oxygen atoms in total. The molecule has 6 heteroatoms. The zero-order valence-electron chi connectivity index (χ0n) is 11.3. The molecular formula is C14H19N3O3. The minimum Gasteiger partial charge on any atom is -0.352 e. The second kappa shape index (κ2) is 7.00. The van der Waals surface area contributed by atoms with E-state index in [9.17, 15) is 14.9 Å². The quantitative estimate of drug-likeness (QED) is 0.613. The number of nitro benzene ring substituents is 1. The summed E-state index contributed by atoms with van der Waals surface area (Å²) < 4.78 is 0. The van der Waals surface area contributed by atoms with Crippen LogP contribution in [-0.2, 0) is 11.3 Å². The van der Waals surface area contributed by atoms with Crippen LogP contribution in [0.4, 0.5) is 5.69 Å². The lowest BCUT2D eigenvalue weighted by Gasteiger charge is -2.12. The highest BCUT2D eigenvalue weighted by Gasteiger charge is 2.17. The number of hydrogen-bond donors (Lipinski definition) is 2. The van der Waals surface area contributed by atoms with E-state index in [4.69, 9.17) is 0 Å². The van der Waals surface area contributed by atoms with Crippen molar-refractivity contribution in [3.8, 4) is 0 Å². The minimum atomic E-state index is -0.407. The van der Waals surface area contributed by atoms with Gasteiger partial charge in [-0.15, -0.1) is 0 Å². The Bertz CT molecular complexity index is 484. The van der Waals surface area contributed by atoms with Gasteiger partial charge in [0.1, 0.15) is 0 Å². The molecule has 0 radical (unpaired) electrons. The van der Waals surface area contributed by atoms with Gasteiger partial charge in [0.25, 0.3) is 5.69 Å². The Labute approximate surface area is 117 Å². The summed E-state index contributed by atoms with van der Waals surface area (Å²) in [6.45, 7) is 0.498. The fraction of sp³-hybridized carbons (Fsp3) is 0.500. The van der Waals surface area contributed by atoms with Gasteiger partial charge in [-0.05, 0) is 12.8 Å². The van der Waals surface area contributed by atoms with Crippen molar-refractivity contribution in [2.75, 3.05) is 6.54 Å². The molecule has 1 aliphatic carbocycles. The summed E-state index contributed by atoms with van der Waals surface area (Å²) in [4.78, 5) is 22.1. The molecule has 0 atom stereocenters. The maximum absolute atomic E-state index is 11.7. The van der Waals surface area contributed by atoms with Gasteiger partial charge in [0.15, 0.2) is 0 Å². The first-order valence-corrected chi connectivity index (χ1v) is 6.89. The van der Waals surface area contributed by atoms with Crippen LogP contribution in [0.1, 0.15) is 31.2 Å². The molecule has 2 rings (SSSR count). The molecule has 108 valence electrons. The summed E-state index contributed by atoms with van der Waals surface area (Å²) in [7, 11) is 0. The molecule has 0 unspecified atom stereocenters. The average Bonchev–Trinajstić information content (AvgIpc) is 2.92. The van der Waals surface area contributed by atoms with E-state index in [2.05, 4.69) is 10.6 Å². The molecule has 1 saturated carbocycles. The van der Waals surface area contributed by atoms with E-state index >= 15 is 0 Å². The molecule has 1 aliphatic rings. The maximum atomic E-state index is 11.7. The summed E-state index contributed by atoms with van der Waals surface area (Å²) in [6, 6.07) is 6.85. The van der Waals surface area contributed by atoms with Gasteiger partial charge in [-0.2, -0.15) is 0 Å². The second-order valence-electron chi connectivity index (χ2n) is 5.04. The first kappa shape index (κ1) is 14.5. The predicted molar refractivity (Wildman–Crippen MR) is 75.2 cm³/mol. The Morgan fingerprint density at radius 2 is 2.00 bits per heavy atom. The lowest BCUT2D eigenvalue weighted by molar-refractivity contribution is -0.385. The van der Waals surface area contributed by atoms with Crippen molar-refractivity contribution in [1.29, 1.82) is 0 Å². The SMILES string of the molecule is O=C(CNCc1ccccc1[N+](=O)[O-])NC1CCCC1. The van der Waals surface area contributed by atoms with Crippen LogP contribution in [0, 0.1) is 10.1 Å². The molecule has 20 heavy (non-hydrogen) atoms. The van der Waals surface area contributed by atoms with E-state index in [1.807, 2.05) is 0 Å². The first-order valence-electron chi connectivity index (χ1n) is 6.89. The number of benzene rings is 1. The Kier molecular flexibility index (Phi) is 5.06. The van der Waals surface area contributed by atoms with E-state index in [-0.39, 0.29) is 18.1 Å².